The largest absolute Gasteiger partial charge is 0.504 e. The number of methoxy groups -OCH3 is 1. The quantitative estimate of drug-likeness (QED) is 0.485. The molecule has 1 aromatic rings. The highest BCUT2D eigenvalue weighted by Gasteiger charge is 2.60. The molecule has 0 saturated carbocycles. The van der Waals surface area contributed by atoms with E-state index in [1.54, 1.807) is 0 Å². The average molecular weight is 368 g/mol. The van der Waals surface area contributed by atoms with Crippen LogP contribution in [0.2, 0.25) is 0 Å². The van der Waals surface area contributed by atoms with Gasteiger partial charge in [-0.05, 0) is 36.9 Å². The van der Waals surface area contributed by atoms with Crippen LogP contribution in [-0.4, -0.2) is 48.1 Å². The molecule has 3 aliphatic rings. The summed E-state index contributed by atoms with van der Waals surface area (Å²) in [6.07, 6.45) is 4.48. The van der Waals surface area contributed by atoms with Crippen molar-refractivity contribution in [2.45, 2.75) is 24.3 Å². The van der Waals surface area contributed by atoms with Crippen molar-refractivity contribution in [2.24, 2.45) is 11.8 Å². The Labute approximate surface area is 158 Å². The monoisotopic (exact) mass is 368 g/mol. The third kappa shape index (κ3) is 2.51. The number of para-hydroxylation sites is 1. The molecule has 0 unspecified atom stereocenters. The molecule has 1 spiro atoms. The van der Waals surface area contributed by atoms with Gasteiger partial charge in [-0.2, -0.15) is 0 Å². The maximum atomic E-state index is 13.1. The van der Waals surface area contributed by atoms with Crippen molar-refractivity contribution in [2.75, 3.05) is 25.5 Å². The van der Waals surface area contributed by atoms with Crippen LogP contribution in [0.5, 0.6) is 0 Å². The second-order valence-corrected chi connectivity index (χ2v) is 7.59. The van der Waals surface area contributed by atoms with Crippen molar-refractivity contribution >= 4 is 17.6 Å². The first-order chi connectivity index (χ1) is 13.0. The molecule has 4 rings (SSSR count). The maximum Gasteiger partial charge on any atom is 0.334 e. The van der Waals surface area contributed by atoms with Gasteiger partial charge in [0.15, 0.2) is 0 Å². The molecule has 6 nitrogen and oxygen atoms in total. The summed E-state index contributed by atoms with van der Waals surface area (Å²) in [4.78, 5) is 27.3. The number of carbonyl (C=O) groups excluding carboxylic acids is 1. The van der Waals surface area contributed by atoms with Gasteiger partial charge in [0, 0.05) is 24.2 Å². The Balaban J connectivity index is 1.76. The number of rotatable bonds is 4. The molecule has 4 atom stereocenters. The number of anilines is 1. The van der Waals surface area contributed by atoms with Crippen LogP contribution in [0.1, 0.15) is 18.4 Å². The number of carbonyl (C=O) groups is 2. The topological polar surface area (TPSA) is 78.9 Å². The fraction of sp³-hybridized carbons (Fsp3) is 0.429. The Kier molecular flexibility index (Phi) is 4.30. The summed E-state index contributed by atoms with van der Waals surface area (Å²) < 4.78 is 5.05. The van der Waals surface area contributed by atoms with Gasteiger partial charge in [-0.25, -0.2) is 4.79 Å². The first-order valence-corrected chi connectivity index (χ1v) is 9.26. The number of hydrogen-bond acceptors (Lipinski definition) is 4. The first-order valence-electron chi connectivity index (χ1n) is 9.26. The summed E-state index contributed by atoms with van der Waals surface area (Å²) in [5, 5.41) is 12.7. The fourth-order valence-corrected chi connectivity index (χ4v) is 5.27. The van der Waals surface area contributed by atoms with Crippen LogP contribution < -0.4 is 5.32 Å². The van der Waals surface area contributed by atoms with E-state index in [0.717, 1.165) is 24.2 Å². The predicted octanol–water partition coefficient (Wildman–Crippen LogP) is 2.39. The van der Waals surface area contributed by atoms with E-state index in [1.807, 2.05) is 30.3 Å². The number of amides is 1. The highest BCUT2D eigenvalue weighted by molar-refractivity contribution is 6.07. The second kappa shape index (κ2) is 6.53. The number of ether oxygens (including phenoxy) is 1. The van der Waals surface area contributed by atoms with E-state index in [2.05, 4.69) is 16.8 Å². The second-order valence-electron chi connectivity index (χ2n) is 7.59. The minimum Gasteiger partial charge on any atom is -0.504 e. The maximum absolute atomic E-state index is 13.1. The van der Waals surface area contributed by atoms with Crippen LogP contribution >= 0.6 is 0 Å². The van der Waals surface area contributed by atoms with Crippen molar-refractivity contribution in [3.05, 3.63) is 54.3 Å². The number of nitrogens with zero attached hydrogens (tertiary/aromatic N) is 1. The first kappa shape index (κ1) is 17.8. The smallest absolute Gasteiger partial charge is 0.334 e. The van der Waals surface area contributed by atoms with Crippen LogP contribution in [0.4, 0.5) is 5.69 Å². The van der Waals surface area contributed by atoms with E-state index < -0.39 is 11.4 Å². The summed E-state index contributed by atoms with van der Waals surface area (Å²) in [6, 6.07) is 7.80. The van der Waals surface area contributed by atoms with Crippen molar-refractivity contribution in [1.29, 1.82) is 0 Å². The lowest BCUT2D eigenvalue weighted by Gasteiger charge is -2.44. The van der Waals surface area contributed by atoms with E-state index in [9.17, 15) is 14.7 Å². The van der Waals surface area contributed by atoms with Crippen molar-refractivity contribution in [1.82, 2.24) is 4.90 Å². The van der Waals surface area contributed by atoms with Crippen LogP contribution in [0.25, 0.3) is 0 Å². The summed E-state index contributed by atoms with van der Waals surface area (Å²) in [7, 11) is 1.46. The number of piperidine rings is 1. The van der Waals surface area contributed by atoms with Gasteiger partial charge in [-0.15, -0.1) is 6.58 Å². The molecule has 142 valence electrons. The number of fused-ring (bicyclic) bond motifs is 4. The van der Waals surface area contributed by atoms with E-state index in [-0.39, 0.29) is 29.4 Å². The molecule has 1 aromatic carbocycles. The van der Waals surface area contributed by atoms with Crippen molar-refractivity contribution in [3.63, 3.8) is 0 Å². The van der Waals surface area contributed by atoms with Gasteiger partial charge >= 0.3 is 5.97 Å². The lowest BCUT2D eigenvalue weighted by molar-refractivity contribution is -0.134. The van der Waals surface area contributed by atoms with Crippen molar-refractivity contribution < 1.29 is 19.4 Å². The molecular weight excluding hydrogens is 344 g/mol. The molecule has 2 N–H and O–H groups in total. The molecule has 6 heteroatoms. The summed E-state index contributed by atoms with van der Waals surface area (Å²) in [5.74, 6) is -1.18. The number of carboxylic acid groups (broad SMARTS) is 1. The number of hydrogen-bond donors (Lipinski definition) is 2. The Morgan fingerprint density at radius 2 is 2.22 bits per heavy atom. The van der Waals surface area contributed by atoms with Crippen LogP contribution in [0.15, 0.2) is 48.8 Å². The van der Waals surface area contributed by atoms with Crippen LogP contribution in [-0.2, 0) is 19.7 Å². The number of nitrogens with one attached hydrogen (secondary N) is 1. The fourth-order valence-electron chi connectivity index (χ4n) is 5.27. The van der Waals surface area contributed by atoms with Gasteiger partial charge < -0.3 is 15.2 Å². The highest BCUT2D eigenvalue weighted by Crippen LogP contribution is 2.52. The molecule has 0 aliphatic carbocycles. The Morgan fingerprint density at radius 3 is 2.93 bits per heavy atom. The molecule has 3 heterocycles. The van der Waals surface area contributed by atoms with E-state index in [0.29, 0.717) is 13.0 Å². The Morgan fingerprint density at radius 1 is 1.44 bits per heavy atom. The zero-order chi connectivity index (χ0) is 19.2. The van der Waals surface area contributed by atoms with E-state index in [4.69, 9.17) is 4.74 Å². The Hall–Kier alpha value is -2.60. The van der Waals surface area contributed by atoms with Crippen molar-refractivity contribution in [3.8, 4) is 0 Å². The van der Waals surface area contributed by atoms with Crippen LogP contribution in [0, 0.1) is 11.8 Å². The predicted molar refractivity (Wildman–Crippen MR) is 101 cm³/mol. The van der Waals surface area contributed by atoms with E-state index >= 15 is 0 Å². The number of carboxylic acids is 1. The number of benzene rings is 1. The zero-order valence-corrected chi connectivity index (χ0v) is 15.4. The third-order valence-corrected chi connectivity index (χ3v) is 6.50. The van der Waals surface area contributed by atoms with Gasteiger partial charge in [0.25, 0.3) is 0 Å². The molecule has 0 bridgehead atoms. The lowest BCUT2D eigenvalue weighted by Crippen LogP contribution is -2.53. The minimum atomic E-state index is -0.981. The molecule has 1 amide bonds. The van der Waals surface area contributed by atoms with Crippen LogP contribution in [0.3, 0.4) is 0 Å². The normalized spacial score (nSPS) is 32.7. The zero-order valence-electron chi connectivity index (χ0n) is 15.4. The molecular formula is C21H24N2O4. The van der Waals surface area contributed by atoms with Gasteiger partial charge in [-0.3, -0.25) is 9.69 Å². The third-order valence-electron chi connectivity index (χ3n) is 6.50. The molecule has 0 radical (unpaired) electrons. The lowest BCUT2D eigenvalue weighted by atomic mass is 9.68. The minimum absolute atomic E-state index is 0.00797. The molecule has 2 saturated heterocycles. The average Bonchev–Trinajstić information content (AvgIpc) is 3.18. The van der Waals surface area contributed by atoms with Gasteiger partial charge in [-0.1, -0.05) is 24.3 Å². The van der Waals surface area contributed by atoms with Gasteiger partial charge in [0.2, 0.25) is 5.91 Å². The van der Waals surface area contributed by atoms with Gasteiger partial charge in [0.05, 0.1) is 24.4 Å². The summed E-state index contributed by atoms with van der Waals surface area (Å²) >= 11 is 0. The number of aliphatic carboxylic acids is 1. The summed E-state index contributed by atoms with van der Waals surface area (Å²) in [5.41, 5.74) is 1.54. The highest BCUT2D eigenvalue weighted by atomic mass is 16.5. The molecule has 0 aromatic heterocycles. The van der Waals surface area contributed by atoms with E-state index in [1.165, 1.54) is 13.4 Å². The van der Waals surface area contributed by atoms with Gasteiger partial charge in [0.1, 0.15) is 0 Å². The molecule has 27 heavy (non-hydrogen) atoms. The molecule has 2 fully saturated rings. The Bertz CT molecular complexity index is 833. The molecule has 3 aliphatic heterocycles. The summed E-state index contributed by atoms with van der Waals surface area (Å²) in [6.45, 7) is 5.44. The SMILES string of the molecule is C=C[C@@H]1CN2CC[C@@]3(C(=O)Nc4ccccc43)[C@@H]2C[C@@H]1C(=COC)C(=O)O. The standard InChI is InChI=1S/C21H24N2O4/c1-3-13-11-23-9-8-21(16-6-4-5-7-17(16)22-20(21)26)18(23)10-14(13)15(12-27-2)19(24)25/h3-7,12-14,18H,1,8-11H2,2H3,(H,22,26)(H,24,25)/t13-,14+,18+,21+/m1/s1.